The number of nitrogens with one attached hydrogen (secondary N) is 6. The number of hydrogen-bond acceptors (Lipinski definition) is 54. The van der Waals surface area contributed by atoms with Crippen LogP contribution in [0.25, 0.3) is 0 Å². The number of rotatable bonds is 35. The van der Waals surface area contributed by atoms with Crippen molar-refractivity contribution in [3.8, 4) is 0 Å². The Labute approximate surface area is 783 Å². The standard InChI is InChI=1S/C78H130N6O54/c1-18-41(98)53(110)57(114)74(120-18)118-16-33-61(51(108)35(68(117)122-33)79-20(3)92)131-72-39(83-24(7)96)52(109)60(31(14-90)128-72)132-76-59(116)65(63(134-70-37(81-22(5)94)49(106)44(101)27(10-86)124-70)34(130-76)17-119-77-66(55(112)46(103)29(12-88)126-77)137-71-38(82-23(6)95)50(107)45(102)28(11-87)125-71)136-78-67(56(113)47(104)30(13-89)127-78)138-73-40(84-25(8)97)64(135-75-58(115)54(111)42(99)19(2)121-75)62(32(15-91)129-73)133-69-36(80-21(4)93)48(105)43(100)26(9-85)123-69/h18-19,26-78,85-91,98-117H,9-17H2,1-8H3,(H,79,92)(H,80,93)(H,81,94)(H,82,95)(H,83,96)(H,84,97)/t18-,19-,26+,27+,28+,29+,30+,31+,32+,33+,34+,35+,36+,37+,38+,39+,40+,41+,42+,43-,44+,45+,46+,47+,48+,49+,50+,51+,52+,53+,54+,55-,56-,57-,58-,59-,60+,61+,62+,63+,64+,65+,66-,67-,68?,69-,70-,71-,72-,73-,74+,75-,76-,77-,78+/m0/s1. The summed E-state index contributed by atoms with van der Waals surface area (Å²) in [5.41, 5.74) is 0. The summed E-state index contributed by atoms with van der Waals surface area (Å²) < 4.78 is 130. The lowest BCUT2D eigenvalue weighted by Gasteiger charge is -2.53. The predicted octanol–water partition coefficient (Wildman–Crippen LogP) is -22.1. The van der Waals surface area contributed by atoms with Crippen LogP contribution in [0.2, 0.25) is 0 Å². The predicted molar refractivity (Wildman–Crippen MR) is 429 cm³/mol. The van der Waals surface area contributed by atoms with Crippen LogP contribution in [0.1, 0.15) is 55.4 Å². The largest absolute Gasteiger partial charge is 0.394 e. The van der Waals surface area contributed by atoms with E-state index in [-0.39, 0.29) is 0 Å². The number of ether oxygens (including phenoxy) is 21. The highest BCUT2D eigenvalue weighted by Gasteiger charge is 2.64. The van der Waals surface area contributed by atoms with E-state index in [0.717, 1.165) is 41.5 Å². The number of aliphatic hydroxyl groups excluding tert-OH is 27. The summed E-state index contributed by atoms with van der Waals surface area (Å²) in [6.07, 6.45) is -106. The van der Waals surface area contributed by atoms with E-state index in [1.807, 2.05) is 0 Å². The van der Waals surface area contributed by atoms with Gasteiger partial charge in [0.15, 0.2) is 69.2 Å². The summed E-state index contributed by atoms with van der Waals surface area (Å²) in [5, 5.41) is 323. The Morgan fingerprint density at radius 2 is 0.457 bits per heavy atom. The van der Waals surface area contributed by atoms with Gasteiger partial charge >= 0.3 is 0 Å². The molecule has 11 rings (SSSR count). The van der Waals surface area contributed by atoms with E-state index >= 15 is 0 Å². The van der Waals surface area contributed by atoms with Crippen LogP contribution in [-0.2, 0) is 128 Å². The highest BCUT2D eigenvalue weighted by molar-refractivity contribution is 5.75. The SMILES string of the molecule is CC(=O)N[C@H]1[C@H](O[C@H]2[C@H](O)[C@@H](NC(C)=O)C(O)O[C@@H]2CO[C@@H]2O[C@@H](C)[C@@H](O)[C@@H](O)[C@@H]2O)O[C@H](CO)[C@@H](O[C@@H]2O[C@H](CO[C@H]3O[C@H](CO)[C@@H](O)[C@H](O)[C@@H]3O[C@@H]3O[C@H](CO)[C@@H](O)[C@H](O)[C@H]3NC(C)=O)[C@@H](O[C@@H]3O[C@H](CO)[C@@H](O)[C@H](O)[C@H]3NC(C)=O)[C@H](O[C@H]3O[C@H](CO)[C@@H](O)[C@H](O)[C@@H]3O[C@@H]3O[C@H](CO)[C@@H](O[C@@H]4O[C@H](CO)[C@H](O)[C@H](O)[C@H]4NC(C)=O)[C@H](O[C@@H]4O[C@@H](C)[C@@H](O)[C@@H](O)[C@@H]4O)[C@H]3NC(C)=O)[C@@H]2O)[C@@H]1O. The van der Waals surface area contributed by atoms with Crippen LogP contribution in [0.15, 0.2) is 0 Å². The maximum Gasteiger partial charge on any atom is 0.217 e. The van der Waals surface area contributed by atoms with Crippen LogP contribution in [0.3, 0.4) is 0 Å². The molecule has 60 heteroatoms. The molecule has 0 aromatic carbocycles. The number of carbonyl (C=O) groups is 6. The van der Waals surface area contributed by atoms with Gasteiger partial charge in [-0.25, -0.2) is 0 Å². The van der Waals surface area contributed by atoms with Gasteiger partial charge < -0.3 is 269 Å². The van der Waals surface area contributed by atoms with Gasteiger partial charge in [-0.05, 0) is 13.8 Å². The second-order valence-electron chi connectivity index (χ2n) is 35.3. The first-order chi connectivity index (χ1) is 65.1. The van der Waals surface area contributed by atoms with Crippen molar-refractivity contribution in [1.29, 1.82) is 0 Å². The van der Waals surface area contributed by atoms with E-state index in [4.69, 9.17) is 99.5 Å². The first-order valence-corrected chi connectivity index (χ1v) is 44.3. The smallest absolute Gasteiger partial charge is 0.217 e. The van der Waals surface area contributed by atoms with Gasteiger partial charge in [0.1, 0.15) is 256 Å². The molecule has 0 saturated carbocycles. The maximum absolute atomic E-state index is 13.9. The van der Waals surface area contributed by atoms with Gasteiger partial charge in [-0.15, -0.1) is 0 Å². The van der Waals surface area contributed by atoms with Crippen molar-refractivity contribution < 1.29 is 266 Å². The number of hydrogen-bond donors (Lipinski definition) is 33. The first kappa shape index (κ1) is 113. The molecule has 0 radical (unpaired) electrons. The zero-order chi connectivity index (χ0) is 102. The van der Waals surface area contributed by atoms with Gasteiger partial charge in [0.05, 0.1) is 71.7 Å². The van der Waals surface area contributed by atoms with Crippen LogP contribution in [-0.4, -0.2) is 570 Å². The van der Waals surface area contributed by atoms with Crippen LogP contribution in [0, 0.1) is 0 Å². The van der Waals surface area contributed by atoms with E-state index in [0.29, 0.717) is 0 Å². The first-order valence-electron chi connectivity index (χ1n) is 44.3. The molecule has 0 aromatic rings. The molecule has 6 amide bonds. The fourth-order valence-electron chi connectivity index (χ4n) is 18.0. The third-order valence-corrected chi connectivity index (χ3v) is 25.3. The molecule has 55 atom stereocenters. The Morgan fingerprint density at radius 1 is 0.203 bits per heavy atom. The Kier molecular flexibility index (Phi) is 40.5. The van der Waals surface area contributed by atoms with Crippen molar-refractivity contribution in [3.05, 3.63) is 0 Å². The zero-order valence-corrected chi connectivity index (χ0v) is 75.2. The number of carbonyl (C=O) groups excluding carboxylic acids is 6. The molecular formula is C78H130N6O54. The Balaban J connectivity index is 1.05. The van der Waals surface area contributed by atoms with Crippen molar-refractivity contribution in [2.45, 2.75) is 393 Å². The van der Waals surface area contributed by atoms with Crippen molar-refractivity contribution in [1.82, 2.24) is 31.9 Å². The third-order valence-electron chi connectivity index (χ3n) is 25.3. The van der Waals surface area contributed by atoms with E-state index in [1.165, 1.54) is 13.8 Å². The van der Waals surface area contributed by atoms with Crippen molar-refractivity contribution >= 4 is 35.4 Å². The van der Waals surface area contributed by atoms with Gasteiger partial charge in [-0.3, -0.25) is 28.8 Å². The van der Waals surface area contributed by atoms with Gasteiger partial charge in [0.25, 0.3) is 0 Å². The lowest BCUT2D eigenvalue weighted by molar-refractivity contribution is -0.410. The summed E-state index contributed by atoms with van der Waals surface area (Å²) in [4.78, 5) is 79.0. The molecule has 11 aliphatic heterocycles. The zero-order valence-electron chi connectivity index (χ0n) is 75.2. The molecule has 796 valence electrons. The van der Waals surface area contributed by atoms with E-state index < -0.39 is 432 Å². The second-order valence-corrected chi connectivity index (χ2v) is 35.3. The Bertz CT molecular complexity index is 3880. The lowest BCUT2D eigenvalue weighted by atomic mass is 9.93. The summed E-state index contributed by atoms with van der Waals surface area (Å²) in [7, 11) is 0. The summed E-state index contributed by atoms with van der Waals surface area (Å²) in [5.74, 6) is -5.87. The molecule has 0 bridgehead atoms. The third kappa shape index (κ3) is 25.4. The van der Waals surface area contributed by atoms with E-state index in [1.54, 1.807) is 0 Å². The highest BCUT2D eigenvalue weighted by atomic mass is 16.8. The summed E-state index contributed by atoms with van der Waals surface area (Å²) >= 11 is 0. The lowest BCUT2D eigenvalue weighted by Crippen LogP contribution is -2.72. The molecular weight excluding hydrogens is 1880 g/mol. The summed E-state index contributed by atoms with van der Waals surface area (Å²) in [6, 6.07) is -11.9. The van der Waals surface area contributed by atoms with E-state index in [9.17, 15) is 167 Å². The Hall–Kier alpha value is -5.10. The quantitative estimate of drug-likeness (QED) is 0.0280. The molecule has 33 N–H and O–H groups in total. The molecule has 0 aliphatic carbocycles. The fraction of sp³-hybridized carbons (Fsp3) is 0.923. The van der Waals surface area contributed by atoms with Gasteiger partial charge in [-0.1, -0.05) is 0 Å². The second kappa shape index (κ2) is 49.4. The monoisotopic (exact) mass is 2010 g/mol. The van der Waals surface area contributed by atoms with Crippen LogP contribution < -0.4 is 31.9 Å². The van der Waals surface area contributed by atoms with E-state index in [2.05, 4.69) is 31.9 Å². The van der Waals surface area contributed by atoms with Gasteiger partial charge in [-0.2, -0.15) is 0 Å². The topological polar surface area (TPSA) is 915 Å². The minimum atomic E-state index is -2.85. The molecule has 1 unspecified atom stereocenters. The average Bonchev–Trinajstić information content (AvgIpc) is 0.742. The molecule has 60 nitrogen and oxygen atoms in total. The minimum absolute atomic E-state index is 0.877. The van der Waals surface area contributed by atoms with Crippen LogP contribution >= 0.6 is 0 Å². The van der Waals surface area contributed by atoms with Gasteiger partial charge in [0.2, 0.25) is 35.4 Å². The van der Waals surface area contributed by atoms with Crippen molar-refractivity contribution in [2.24, 2.45) is 0 Å². The average molecular weight is 2020 g/mol. The molecule has 11 heterocycles. The number of amides is 6. The number of aliphatic hydroxyl groups is 27. The maximum atomic E-state index is 13.9. The highest BCUT2D eigenvalue weighted by Crippen LogP contribution is 2.43. The fourth-order valence-corrected chi connectivity index (χ4v) is 18.0. The van der Waals surface area contributed by atoms with Crippen LogP contribution in [0.4, 0.5) is 0 Å². The molecule has 138 heavy (non-hydrogen) atoms. The Morgan fingerprint density at radius 3 is 0.870 bits per heavy atom. The van der Waals surface area contributed by atoms with Gasteiger partial charge in [0, 0.05) is 41.5 Å². The molecule has 11 saturated heterocycles. The molecule has 0 spiro atoms. The minimum Gasteiger partial charge on any atom is -0.394 e. The molecule has 0 aromatic heterocycles. The van der Waals surface area contributed by atoms with Crippen molar-refractivity contribution in [3.63, 3.8) is 0 Å². The normalized spacial score (nSPS) is 48.6. The van der Waals surface area contributed by atoms with Crippen molar-refractivity contribution in [2.75, 3.05) is 59.5 Å². The summed E-state index contributed by atoms with van der Waals surface area (Å²) in [6.45, 7) is -2.78. The van der Waals surface area contributed by atoms with Crippen LogP contribution in [0.5, 0.6) is 0 Å². The molecule has 11 aliphatic rings. The molecule has 11 fully saturated rings.